The lowest BCUT2D eigenvalue weighted by atomic mass is 10.3. The van der Waals surface area contributed by atoms with Crippen molar-refractivity contribution in [2.24, 2.45) is 0 Å². The van der Waals surface area contributed by atoms with Crippen LogP contribution in [-0.2, 0) is 14.3 Å². The third-order valence-electron chi connectivity index (χ3n) is 3.47. The molecule has 1 N–H and O–H groups in total. The van der Waals surface area contributed by atoms with Crippen LogP contribution in [-0.4, -0.2) is 38.5 Å². The first-order valence-corrected chi connectivity index (χ1v) is 7.97. The summed E-state index contributed by atoms with van der Waals surface area (Å²) in [5.41, 5.74) is 0.176. The van der Waals surface area contributed by atoms with Crippen LogP contribution in [0.5, 0.6) is 23.0 Å². The van der Waals surface area contributed by atoms with Crippen molar-refractivity contribution in [3.63, 3.8) is 0 Å². The van der Waals surface area contributed by atoms with E-state index >= 15 is 0 Å². The molecule has 28 heavy (non-hydrogen) atoms. The van der Waals surface area contributed by atoms with Crippen molar-refractivity contribution in [1.29, 1.82) is 0 Å². The number of benzene rings is 2. The highest BCUT2D eigenvalue weighted by atomic mass is 19.3. The molecule has 0 radical (unpaired) electrons. The molecule has 0 spiro atoms. The first-order valence-electron chi connectivity index (χ1n) is 7.97. The van der Waals surface area contributed by atoms with Crippen LogP contribution < -0.4 is 24.3 Å². The van der Waals surface area contributed by atoms with Crippen LogP contribution in [0, 0.1) is 0 Å². The van der Waals surface area contributed by atoms with Crippen molar-refractivity contribution in [2.45, 2.75) is 6.29 Å². The molecule has 2 aromatic rings. The number of anilines is 1. The number of amides is 1. The normalized spacial score (nSPS) is 13.5. The average Bonchev–Trinajstić information content (AvgIpc) is 2.98. The van der Waals surface area contributed by atoms with Crippen molar-refractivity contribution in [1.82, 2.24) is 0 Å². The maximum absolute atomic E-state index is 13.0. The van der Waals surface area contributed by atoms with E-state index in [-0.39, 0.29) is 17.2 Å². The number of hydrogen-bond donors (Lipinski definition) is 1. The second-order valence-electron chi connectivity index (χ2n) is 5.50. The second-order valence-corrected chi connectivity index (χ2v) is 5.50. The van der Waals surface area contributed by atoms with E-state index < -0.39 is 31.4 Å². The standard InChI is InChI=1S/C18H15F2NO7/c1-24-12-3-5-13(6-4-12)25-10-17(23)26-9-16(22)21-11-2-7-14-15(8-11)28-18(19,20)27-14/h2-8H,9-10H2,1H3,(H,21,22). The molecule has 1 heterocycles. The molecule has 8 nitrogen and oxygen atoms in total. The number of carbonyl (C=O) groups excluding carboxylic acids is 2. The predicted molar refractivity (Wildman–Crippen MR) is 90.7 cm³/mol. The summed E-state index contributed by atoms with van der Waals surface area (Å²) in [5.74, 6) is -0.712. The Morgan fingerprint density at radius 2 is 1.68 bits per heavy atom. The molecule has 0 saturated heterocycles. The maximum Gasteiger partial charge on any atom is 0.586 e. The summed E-state index contributed by atoms with van der Waals surface area (Å²) >= 11 is 0. The molecule has 3 rings (SSSR count). The minimum Gasteiger partial charge on any atom is -0.497 e. The van der Waals surface area contributed by atoms with E-state index in [9.17, 15) is 18.4 Å². The van der Waals surface area contributed by atoms with Gasteiger partial charge in [-0.05, 0) is 36.4 Å². The summed E-state index contributed by atoms with van der Waals surface area (Å²) in [4.78, 5) is 23.5. The third kappa shape index (κ3) is 5.00. The van der Waals surface area contributed by atoms with Crippen LogP contribution in [0.2, 0.25) is 0 Å². The first kappa shape index (κ1) is 19.2. The zero-order chi connectivity index (χ0) is 20.1. The Kier molecular flexibility index (Phi) is 5.48. The van der Waals surface area contributed by atoms with E-state index in [1.807, 2.05) is 0 Å². The van der Waals surface area contributed by atoms with Crippen LogP contribution in [0.3, 0.4) is 0 Å². The first-order chi connectivity index (χ1) is 13.3. The highest BCUT2D eigenvalue weighted by Gasteiger charge is 2.43. The van der Waals surface area contributed by atoms with E-state index in [1.165, 1.54) is 25.3 Å². The molecule has 0 fully saturated rings. The van der Waals surface area contributed by atoms with E-state index in [0.29, 0.717) is 11.5 Å². The number of alkyl halides is 2. The predicted octanol–water partition coefficient (Wildman–Crippen LogP) is 2.58. The van der Waals surface area contributed by atoms with Crippen LogP contribution in [0.1, 0.15) is 0 Å². The summed E-state index contributed by atoms with van der Waals surface area (Å²) in [6.07, 6.45) is -3.75. The molecule has 10 heteroatoms. The minimum atomic E-state index is -3.75. The van der Waals surface area contributed by atoms with E-state index in [2.05, 4.69) is 14.8 Å². The van der Waals surface area contributed by atoms with E-state index in [4.69, 9.17) is 14.2 Å². The van der Waals surface area contributed by atoms with Gasteiger partial charge in [-0.2, -0.15) is 0 Å². The van der Waals surface area contributed by atoms with Gasteiger partial charge in [0, 0.05) is 11.8 Å². The fourth-order valence-corrected chi connectivity index (χ4v) is 2.23. The summed E-state index contributed by atoms with van der Waals surface area (Å²) in [6, 6.07) is 10.3. The third-order valence-corrected chi connectivity index (χ3v) is 3.47. The monoisotopic (exact) mass is 395 g/mol. The minimum absolute atomic E-state index is 0.148. The average molecular weight is 395 g/mol. The van der Waals surface area contributed by atoms with Gasteiger partial charge in [-0.25, -0.2) is 4.79 Å². The van der Waals surface area contributed by atoms with Gasteiger partial charge in [-0.1, -0.05) is 0 Å². The molecule has 0 atom stereocenters. The number of rotatable bonds is 7. The fourth-order valence-electron chi connectivity index (χ4n) is 2.23. The van der Waals surface area contributed by atoms with Crippen molar-refractivity contribution < 1.29 is 42.1 Å². The van der Waals surface area contributed by atoms with Gasteiger partial charge < -0.3 is 29.0 Å². The molecule has 2 aromatic carbocycles. The van der Waals surface area contributed by atoms with Gasteiger partial charge in [-0.3, -0.25) is 4.79 Å². The van der Waals surface area contributed by atoms with Crippen molar-refractivity contribution >= 4 is 17.6 Å². The van der Waals surface area contributed by atoms with Gasteiger partial charge in [0.05, 0.1) is 7.11 Å². The van der Waals surface area contributed by atoms with E-state index in [0.717, 1.165) is 0 Å². The zero-order valence-corrected chi connectivity index (χ0v) is 14.6. The zero-order valence-electron chi connectivity index (χ0n) is 14.6. The molecule has 0 unspecified atom stereocenters. The van der Waals surface area contributed by atoms with Gasteiger partial charge in [0.15, 0.2) is 24.7 Å². The highest BCUT2D eigenvalue weighted by molar-refractivity contribution is 5.93. The Hall–Kier alpha value is -3.56. The summed E-state index contributed by atoms with van der Waals surface area (Å²) in [7, 11) is 1.52. The molecule has 0 aliphatic carbocycles. The topological polar surface area (TPSA) is 92.3 Å². The van der Waals surface area contributed by atoms with Crippen molar-refractivity contribution in [2.75, 3.05) is 25.6 Å². The Balaban J connectivity index is 1.42. The number of fused-ring (bicyclic) bond motifs is 1. The lowest BCUT2D eigenvalue weighted by Crippen LogP contribution is -2.26. The SMILES string of the molecule is COc1ccc(OCC(=O)OCC(=O)Nc2ccc3c(c2)OC(F)(F)O3)cc1. The fraction of sp³-hybridized carbons (Fsp3) is 0.222. The second kappa shape index (κ2) is 7.99. The number of methoxy groups -OCH3 is 1. The quantitative estimate of drug-likeness (QED) is 0.721. The molecule has 148 valence electrons. The lowest BCUT2D eigenvalue weighted by molar-refractivity contribution is -0.286. The van der Waals surface area contributed by atoms with Crippen LogP contribution in [0.4, 0.5) is 14.5 Å². The number of nitrogens with one attached hydrogen (secondary N) is 1. The molecule has 1 amide bonds. The lowest BCUT2D eigenvalue weighted by Gasteiger charge is -2.08. The summed E-state index contributed by atoms with van der Waals surface area (Å²) in [5, 5.41) is 2.39. The van der Waals surface area contributed by atoms with Crippen molar-refractivity contribution in [3.8, 4) is 23.0 Å². The number of hydrogen-bond acceptors (Lipinski definition) is 7. The van der Waals surface area contributed by atoms with Gasteiger partial charge in [-0.15, -0.1) is 8.78 Å². The number of carbonyl (C=O) groups is 2. The maximum atomic E-state index is 13.0. The molecule has 1 aliphatic rings. The molecule has 0 saturated carbocycles. The molecule has 0 bridgehead atoms. The van der Waals surface area contributed by atoms with Crippen LogP contribution in [0.25, 0.3) is 0 Å². The number of esters is 1. The van der Waals surface area contributed by atoms with Crippen molar-refractivity contribution in [3.05, 3.63) is 42.5 Å². The highest BCUT2D eigenvalue weighted by Crippen LogP contribution is 2.42. The molecule has 1 aliphatic heterocycles. The van der Waals surface area contributed by atoms with Crippen LogP contribution >= 0.6 is 0 Å². The number of halogens is 2. The van der Waals surface area contributed by atoms with Crippen LogP contribution in [0.15, 0.2) is 42.5 Å². The summed E-state index contributed by atoms with van der Waals surface area (Å²) in [6.45, 7) is -0.964. The number of ether oxygens (including phenoxy) is 5. The molecule has 0 aromatic heterocycles. The Bertz CT molecular complexity index is 871. The van der Waals surface area contributed by atoms with Gasteiger partial charge in [0.2, 0.25) is 0 Å². The Morgan fingerprint density at radius 3 is 2.39 bits per heavy atom. The smallest absolute Gasteiger partial charge is 0.497 e. The summed E-state index contributed by atoms with van der Waals surface area (Å²) < 4.78 is 49.5. The molecular formula is C18H15F2NO7. The van der Waals surface area contributed by atoms with E-state index in [1.54, 1.807) is 24.3 Å². The Labute approximate surface area is 157 Å². The molecular weight excluding hydrogens is 380 g/mol. The largest absolute Gasteiger partial charge is 0.586 e. The van der Waals surface area contributed by atoms with Gasteiger partial charge >= 0.3 is 12.3 Å². The Morgan fingerprint density at radius 1 is 1.00 bits per heavy atom. The van der Waals surface area contributed by atoms with Gasteiger partial charge in [0.25, 0.3) is 5.91 Å². The van der Waals surface area contributed by atoms with Gasteiger partial charge in [0.1, 0.15) is 11.5 Å².